The fraction of sp³-hybridized carbons (Fsp3) is 0.118. The number of fused-ring (bicyclic) bond motifs is 2. The second-order valence-electron chi connectivity index (χ2n) is 5.78. The normalized spacial score (nSPS) is 16.9. The third-order valence-corrected chi connectivity index (χ3v) is 5.90. The lowest BCUT2D eigenvalue weighted by molar-refractivity contribution is 0.117. The Morgan fingerprint density at radius 3 is 2.56 bits per heavy atom. The lowest BCUT2D eigenvalue weighted by Crippen LogP contribution is -2.37. The Morgan fingerprint density at radius 1 is 1.19 bits per heavy atom. The zero-order chi connectivity index (χ0) is 19.3. The maximum atomic E-state index is 13.2. The Balaban J connectivity index is 2.01. The molecule has 27 heavy (non-hydrogen) atoms. The minimum absolute atomic E-state index is 0.0205. The van der Waals surface area contributed by atoms with Crippen LogP contribution in [0.2, 0.25) is 0 Å². The number of aryl methyl sites for hydroxylation is 1. The standard InChI is InChI=1S/C17H13NO8S/c1-9-6-12-13(25-8-24-12)7-11(9)18-16(26-17(20)21)15(19)10-4-2-3-5-14(10)27(18,22)23/h2-7,19H,8H2,1H3,(H,20,21). The summed E-state index contributed by atoms with van der Waals surface area (Å²) < 4.78 is 42.3. The highest BCUT2D eigenvalue weighted by Crippen LogP contribution is 2.44. The van der Waals surface area contributed by atoms with Gasteiger partial charge in [0.15, 0.2) is 17.3 Å². The van der Waals surface area contributed by atoms with E-state index in [1.54, 1.807) is 13.0 Å². The van der Waals surface area contributed by atoms with Gasteiger partial charge in [-0.3, -0.25) is 0 Å². The molecular weight excluding hydrogens is 378 g/mol. The molecule has 2 N–H and O–H groups in total. The molecule has 9 nitrogen and oxygen atoms in total. The molecule has 0 spiro atoms. The number of carboxylic acid groups (broad SMARTS) is 1. The van der Waals surface area contributed by atoms with Crippen molar-refractivity contribution in [3.8, 4) is 11.5 Å². The van der Waals surface area contributed by atoms with Gasteiger partial charge in [0.25, 0.3) is 15.9 Å². The van der Waals surface area contributed by atoms with Gasteiger partial charge in [0.1, 0.15) is 0 Å². The summed E-state index contributed by atoms with van der Waals surface area (Å²) in [7, 11) is -4.27. The van der Waals surface area contributed by atoms with Crippen LogP contribution in [0.1, 0.15) is 11.1 Å². The summed E-state index contributed by atoms with van der Waals surface area (Å²) in [6, 6.07) is 8.64. The van der Waals surface area contributed by atoms with Crippen LogP contribution in [0.25, 0.3) is 5.76 Å². The minimum Gasteiger partial charge on any atom is -0.503 e. The molecule has 0 aliphatic carbocycles. The summed E-state index contributed by atoms with van der Waals surface area (Å²) in [5.41, 5.74) is 0.460. The van der Waals surface area contributed by atoms with Crippen LogP contribution in [0.3, 0.4) is 0 Å². The molecule has 140 valence electrons. The summed E-state index contributed by atoms with van der Waals surface area (Å²) in [5, 5.41) is 19.6. The van der Waals surface area contributed by atoms with Gasteiger partial charge in [-0.15, -0.1) is 0 Å². The van der Waals surface area contributed by atoms with Crippen LogP contribution in [0.4, 0.5) is 10.5 Å². The van der Waals surface area contributed by atoms with Gasteiger partial charge < -0.3 is 24.4 Å². The average molecular weight is 391 g/mol. The van der Waals surface area contributed by atoms with E-state index in [1.165, 1.54) is 30.3 Å². The van der Waals surface area contributed by atoms with Crippen LogP contribution >= 0.6 is 0 Å². The lowest BCUT2D eigenvalue weighted by atomic mass is 10.1. The van der Waals surface area contributed by atoms with Crippen LogP contribution in [-0.4, -0.2) is 31.6 Å². The molecule has 4 rings (SSSR count). The van der Waals surface area contributed by atoms with E-state index in [0.717, 1.165) is 0 Å². The first-order chi connectivity index (χ1) is 12.8. The van der Waals surface area contributed by atoms with Crippen LogP contribution in [0, 0.1) is 6.92 Å². The molecule has 0 unspecified atom stereocenters. The van der Waals surface area contributed by atoms with Crippen molar-refractivity contribution in [2.45, 2.75) is 11.8 Å². The van der Waals surface area contributed by atoms with Crippen molar-refractivity contribution in [3.63, 3.8) is 0 Å². The smallest absolute Gasteiger partial charge is 0.503 e. The number of sulfonamides is 1. The maximum Gasteiger partial charge on any atom is 0.512 e. The van der Waals surface area contributed by atoms with Crippen LogP contribution < -0.4 is 13.8 Å². The van der Waals surface area contributed by atoms with Crippen molar-refractivity contribution >= 4 is 27.6 Å². The molecule has 0 saturated heterocycles. The minimum atomic E-state index is -4.27. The number of rotatable bonds is 2. The summed E-state index contributed by atoms with van der Waals surface area (Å²) in [5.74, 6) is -0.623. The number of anilines is 1. The third-order valence-electron chi connectivity index (χ3n) is 4.14. The number of carbonyl (C=O) groups is 1. The van der Waals surface area contributed by atoms with Crippen LogP contribution in [0.15, 0.2) is 47.2 Å². The predicted octanol–water partition coefficient (Wildman–Crippen LogP) is 2.81. The first-order valence-corrected chi connectivity index (χ1v) is 9.13. The number of aliphatic hydroxyl groups is 1. The SMILES string of the molecule is Cc1cc2c(cc1N1C(OC(=O)O)=C(O)c3ccccc3S1(=O)=O)OCO2. The molecule has 2 aromatic carbocycles. The van der Waals surface area contributed by atoms with E-state index in [-0.39, 0.29) is 22.9 Å². The highest BCUT2D eigenvalue weighted by Gasteiger charge is 2.41. The van der Waals surface area contributed by atoms with Crippen molar-refractivity contribution in [2.75, 3.05) is 11.1 Å². The monoisotopic (exact) mass is 391 g/mol. The van der Waals surface area contributed by atoms with Gasteiger partial charge in [-0.05, 0) is 30.7 Å². The Hall–Kier alpha value is -3.40. The average Bonchev–Trinajstić information content (AvgIpc) is 3.06. The second kappa shape index (κ2) is 5.81. The van der Waals surface area contributed by atoms with Crippen molar-refractivity contribution in [1.29, 1.82) is 0 Å². The molecule has 0 atom stereocenters. The molecule has 2 aromatic rings. The van der Waals surface area contributed by atoms with Gasteiger partial charge in [0.2, 0.25) is 6.79 Å². The maximum absolute atomic E-state index is 13.2. The first kappa shape index (κ1) is 17.0. The van der Waals surface area contributed by atoms with Crippen molar-refractivity contribution in [2.24, 2.45) is 0 Å². The highest BCUT2D eigenvalue weighted by atomic mass is 32.2. The Kier molecular flexibility index (Phi) is 3.67. The van der Waals surface area contributed by atoms with Gasteiger partial charge >= 0.3 is 6.16 Å². The fourth-order valence-corrected chi connectivity index (χ4v) is 4.66. The van der Waals surface area contributed by atoms with Crippen molar-refractivity contribution < 1.29 is 37.6 Å². The quantitative estimate of drug-likeness (QED) is 0.749. The van der Waals surface area contributed by atoms with E-state index in [1.807, 2.05) is 0 Å². The molecule has 2 heterocycles. The molecule has 2 aliphatic heterocycles. The van der Waals surface area contributed by atoms with Crippen molar-refractivity contribution in [3.05, 3.63) is 53.4 Å². The molecule has 0 bridgehead atoms. The second-order valence-corrected chi connectivity index (χ2v) is 7.53. The molecule has 0 aromatic heterocycles. The van der Waals surface area contributed by atoms with Crippen LogP contribution in [0.5, 0.6) is 11.5 Å². The van der Waals surface area contributed by atoms with Gasteiger partial charge in [0, 0.05) is 11.6 Å². The number of hydrogen-bond acceptors (Lipinski definition) is 7. The molecule has 0 fully saturated rings. The topological polar surface area (TPSA) is 123 Å². The fourth-order valence-electron chi connectivity index (χ4n) is 2.97. The summed E-state index contributed by atoms with van der Waals surface area (Å²) in [4.78, 5) is 11.0. The molecule has 2 aliphatic rings. The molecule has 0 amide bonds. The number of ether oxygens (including phenoxy) is 3. The zero-order valence-electron chi connectivity index (χ0n) is 13.9. The number of hydrogen-bond donors (Lipinski definition) is 2. The zero-order valence-corrected chi connectivity index (χ0v) is 14.7. The predicted molar refractivity (Wildman–Crippen MR) is 92.1 cm³/mol. The Morgan fingerprint density at radius 2 is 1.85 bits per heavy atom. The number of benzene rings is 2. The first-order valence-electron chi connectivity index (χ1n) is 7.69. The van der Waals surface area contributed by atoms with E-state index < -0.39 is 27.8 Å². The summed E-state index contributed by atoms with van der Waals surface area (Å²) in [6.07, 6.45) is -1.77. The van der Waals surface area contributed by atoms with E-state index in [0.29, 0.717) is 21.4 Å². The van der Waals surface area contributed by atoms with Crippen molar-refractivity contribution in [1.82, 2.24) is 0 Å². The van der Waals surface area contributed by atoms with Gasteiger partial charge in [-0.2, -0.15) is 4.31 Å². The van der Waals surface area contributed by atoms with E-state index in [4.69, 9.17) is 14.6 Å². The lowest BCUT2D eigenvalue weighted by Gasteiger charge is -2.31. The van der Waals surface area contributed by atoms with Crippen LogP contribution in [-0.2, 0) is 14.8 Å². The van der Waals surface area contributed by atoms with E-state index in [9.17, 15) is 18.3 Å². The number of aliphatic hydroxyl groups excluding tert-OH is 1. The van der Waals surface area contributed by atoms with Gasteiger partial charge in [-0.25, -0.2) is 13.2 Å². The van der Waals surface area contributed by atoms with Gasteiger partial charge in [0.05, 0.1) is 10.6 Å². The molecule has 0 radical (unpaired) electrons. The van der Waals surface area contributed by atoms with Gasteiger partial charge in [-0.1, -0.05) is 12.1 Å². The largest absolute Gasteiger partial charge is 0.512 e. The Bertz CT molecular complexity index is 1110. The number of nitrogens with zero attached hydrogens (tertiary/aromatic N) is 1. The molecule has 10 heteroatoms. The third kappa shape index (κ3) is 2.53. The molecular formula is C17H13NO8S. The highest BCUT2D eigenvalue weighted by molar-refractivity contribution is 7.93. The summed E-state index contributed by atoms with van der Waals surface area (Å²) in [6.45, 7) is 1.59. The molecule has 0 saturated carbocycles. The van der Waals surface area contributed by atoms with E-state index in [2.05, 4.69) is 4.74 Å². The van der Waals surface area contributed by atoms with E-state index >= 15 is 0 Å². The summed E-state index contributed by atoms with van der Waals surface area (Å²) >= 11 is 0. The Labute approximate surface area is 153 Å².